The van der Waals surface area contributed by atoms with Crippen molar-refractivity contribution in [2.75, 3.05) is 0 Å². The molecule has 0 aliphatic rings. The summed E-state index contributed by atoms with van der Waals surface area (Å²) in [6.45, 7) is 1.64. The van der Waals surface area contributed by atoms with Gasteiger partial charge in [-0.05, 0) is 60.0 Å². The van der Waals surface area contributed by atoms with Gasteiger partial charge in [-0.25, -0.2) is 4.79 Å². The summed E-state index contributed by atoms with van der Waals surface area (Å²) in [7, 11) is -4.05. The minimum Gasteiger partial charge on any atom is -0.478 e. The van der Waals surface area contributed by atoms with Gasteiger partial charge < -0.3 is 9.29 Å². The topological polar surface area (TPSA) is 80.7 Å². The molecule has 0 bridgehead atoms. The molecule has 166 valence electrons. The zero-order valence-electron chi connectivity index (χ0n) is 16.6. The Morgan fingerprint density at radius 2 is 1.53 bits per heavy atom. The van der Waals surface area contributed by atoms with Crippen molar-refractivity contribution in [1.82, 2.24) is 0 Å². The Kier molecular flexibility index (Phi) is 6.40. The summed E-state index contributed by atoms with van der Waals surface area (Å²) in [6, 6.07) is 15.7. The molecule has 0 aromatic heterocycles. The smallest absolute Gasteiger partial charge is 0.416 e. The quantitative estimate of drug-likeness (QED) is 0.301. The molecule has 3 rings (SSSR count). The van der Waals surface area contributed by atoms with Crippen molar-refractivity contribution in [3.63, 3.8) is 0 Å². The van der Waals surface area contributed by atoms with Gasteiger partial charge in [-0.15, -0.1) is 0 Å². The van der Waals surface area contributed by atoms with Crippen molar-refractivity contribution in [1.29, 1.82) is 0 Å². The lowest BCUT2D eigenvalue weighted by Gasteiger charge is -2.10. The number of aryl methyl sites for hydroxylation is 1. The van der Waals surface area contributed by atoms with E-state index in [1.54, 1.807) is 25.1 Å². The first kappa shape index (κ1) is 23.1. The fraction of sp³-hybridized carbons (Fsp3) is 0.0870. The van der Waals surface area contributed by atoms with Crippen LogP contribution in [-0.2, 0) is 21.1 Å². The number of aliphatic carboxylic acids is 1. The summed E-state index contributed by atoms with van der Waals surface area (Å²) < 4.78 is 68.2. The van der Waals surface area contributed by atoms with Crippen molar-refractivity contribution < 1.29 is 35.7 Å². The van der Waals surface area contributed by atoms with Gasteiger partial charge in [0.2, 0.25) is 0 Å². The van der Waals surface area contributed by atoms with E-state index in [-0.39, 0.29) is 21.8 Å². The van der Waals surface area contributed by atoms with E-state index in [9.17, 15) is 31.5 Å². The zero-order chi connectivity index (χ0) is 23.5. The van der Waals surface area contributed by atoms with Crippen LogP contribution in [0.2, 0.25) is 0 Å². The summed E-state index contributed by atoms with van der Waals surface area (Å²) in [5.74, 6) is -1.30. The molecule has 0 amide bonds. The second-order valence-corrected chi connectivity index (χ2v) is 8.33. The van der Waals surface area contributed by atoms with Crippen molar-refractivity contribution in [2.45, 2.75) is 18.0 Å². The highest BCUT2D eigenvalue weighted by Gasteiger charge is 2.30. The Labute approximate surface area is 182 Å². The molecular weight excluding hydrogens is 445 g/mol. The highest BCUT2D eigenvalue weighted by Crippen LogP contribution is 2.30. The number of hydrogen-bond donors (Lipinski definition) is 1. The van der Waals surface area contributed by atoms with Gasteiger partial charge in [0.05, 0.1) is 11.1 Å². The highest BCUT2D eigenvalue weighted by atomic mass is 32.2. The first-order valence-electron chi connectivity index (χ1n) is 9.20. The fourth-order valence-electron chi connectivity index (χ4n) is 2.90. The summed E-state index contributed by atoms with van der Waals surface area (Å²) in [5, 5.41) is 9.48. The minimum atomic E-state index is -4.53. The maximum atomic E-state index is 12.7. The molecule has 0 aliphatic carbocycles. The van der Waals surface area contributed by atoms with E-state index < -0.39 is 27.8 Å². The van der Waals surface area contributed by atoms with Crippen molar-refractivity contribution in [3.05, 3.63) is 95.1 Å². The van der Waals surface area contributed by atoms with Gasteiger partial charge in [0.15, 0.2) is 0 Å². The summed E-state index contributed by atoms with van der Waals surface area (Å²) in [4.78, 5) is 11.7. The molecule has 0 unspecified atom stereocenters. The number of alkyl halides is 3. The van der Waals surface area contributed by atoms with Crippen LogP contribution in [0.4, 0.5) is 13.2 Å². The van der Waals surface area contributed by atoms with Gasteiger partial charge in [0.25, 0.3) is 0 Å². The van der Waals surface area contributed by atoms with Crippen molar-refractivity contribution in [2.24, 2.45) is 0 Å². The van der Waals surface area contributed by atoms with Crippen LogP contribution in [0, 0.1) is 6.92 Å². The lowest BCUT2D eigenvalue weighted by molar-refractivity contribution is -0.137. The summed E-state index contributed by atoms with van der Waals surface area (Å²) >= 11 is 0. The number of rotatable bonds is 6. The van der Waals surface area contributed by atoms with Gasteiger partial charge in [-0.3, -0.25) is 0 Å². The monoisotopic (exact) mass is 462 g/mol. The number of carbonyl (C=O) groups is 1. The molecule has 0 radical (unpaired) electrons. The van der Waals surface area contributed by atoms with E-state index >= 15 is 0 Å². The molecule has 0 saturated heterocycles. The predicted molar refractivity (Wildman–Crippen MR) is 112 cm³/mol. The second kappa shape index (κ2) is 8.88. The van der Waals surface area contributed by atoms with Crippen LogP contribution >= 0.6 is 0 Å². The van der Waals surface area contributed by atoms with Crippen LogP contribution in [0.25, 0.3) is 11.6 Å². The van der Waals surface area contributed by atoms with E-state index in [0.717, 1.165) is 24.3 Å². The minimum absolute atomic E-state index is 0.0248. The Balaban J connectivity index is 1.85. The third-order valence-corrected chi connectivity index (χ3v) is 5.92. The first-order chi connectivity index (χ1) is 15.0. The second-order valence-electron chi connectivity index (χ2n) is 6.81. The van der Waals surface area contributed by atoms with E-state index in [4.69, 9.17) is 4.18 Å². The number of halogens is 3. The molecule has 0 heterocycles. The van der Waals surface area contributed by atoms with Gasteiger partial charge in [-0.2, -0.15) is 21.6 Å². The van der Waals surface area contributed by atoms with Crippen molar-refractivity contribution >= 4 is 27.7 Å². The largest absolute Gasteiger partial charge is 0.478 e. The van der Waals surface area contributed by atoms with Gasteiger partial charge in [-0.1, -0.05) is 42.5 Å². The van der Waals surface area contributed by atoms with Crippen LogP contribution in [0.5, 0.6) is 5.75 Å². The van der Waals surface area contributed by atoms with Crippen LogP contribution < -0.4 is 4.18 Å². The Morgan fingerprint density at radius 3 is 2.06 bits per heavy atom. The zero-order valence-corrected chi connectivity index (χ0v) is 17.4. The van der Waals surface area contributed by atoms with E-state index in [1.807, 2.05) is 0 Å². The SMILES string of the molecule is Cc1ccccc1S(=O)(=O)Oc1ccc(/C=C(/C(=O)O)c2ccc(C(F)(F)F)cc2)cc1. The average Bonchev–Trinajstić information content (AvgIpc) is 2.72. The number of carboxylic acid groups (broad SMARTS) is 1. The molecule has 0 fully saturated rings. The van der Waals surface area contributed by atoms with Crippen molar-refractivity contribution in [3.8, 4) is 5.75 Å². The molecule has 3 aromatic rings. The number of hydrogen-bond acceptors (Lipinski definition) is 4. The summed E-state index contributed by atoms with van der Waals surface area (Å²) in [5.41, 5.74) is -0.104. The standard InChI is InChI=1S/C23H17F3O5S/c1-15-4-2-3-5-21(15)32(29,30)31-19-12-6-16(7-13-19)14-20(22(27)28)17-8-10-18(11-9-17)23(24,25)26/h2-14H,1H3,(H,27,28)/b20-14+. The number of benzene rings is 3. The fourth-order valence-corrected chi connectivity index (χ4v) is 4.06. The highest BCUT2D eigenvalue weighted by molar-refractivity contribution is 7.87. The molecule has 3 aromatic carbocycles. The van der Waals surface area contributed by atoms with E-state index in [1.165, 1.54) is 36.4 Å². The molecular formula is C23H17F3O5S. The predicted octanol–water partition coefficient (Wildman–Crippen LogP) is 5.41. The molecule has 0 saturated carbocycles. The normalized spacial score (nSPS) is 12.4. The molecule has 0 spiro atoms. The van der Waals surface area contributed by atoms with Crippen LogP contribution in [0.15, 0.2) is 77.7 Å². The van der Waals surface area contributed by atoms with Crippen LogP contribution in [0.3, 0.4) is 0 Å². The Morgan fingerprint density at radius 1 is 0.938 bits per heavy atom. The Hall–Kier alpha value is -3.59. The van der Waals surface area contributed by atoms with E-state index in [0.29, 0.717) is 11.1 Å². The molecule has 0 aliphatic heterocycles. The molecule has 5 nitrogen and oxygen atoms in total. The average molecular weight is 462 g/mol. The first-order valence-corrected chi connectivity index (χ1v) is 10.6. The molecule has 0 atom stereocenters. The summed E-state index contributed by atoms with van der Waals surface area (Å²) in [6.07, 6.45) is -3.26. The van der Waals surface area contributed by atoms with Gasteiger partial charge in [0, 0.05) is 0 Å². The lowest BCUT2D eigenvalue weighted by Crippen LogP contribution is -2.11. The lowest BCUT2D eigenvalue weighted by atomic mass is 10.0. The molecule has 32 heavy (non-hydrogen) atoms. The molecule has 9 heteroatoms. The van der Waals surface area contributed by atoms with E-state index in [2.05, 4.69) is 0 Å². The maximum Gasteiger partial charge on any atom is 0.416 e. The van der Waals surface area contributed by atoms with Gasteiger partial charge in [0.1, 0.15) is 10.6 Å². The maximum absolute atomic E-state index is 12.7. The third-order valence-electron chi connectivity index (χ3n) is 4.51. The number of carboxylic acids is 1. The Bertz CT molecular complexity index is 1260. The van der Waals surface area contributed by atoms with Gasteiger partial charge >= 0.3 is 22.3 Å². The molecule has 1 N–H and O–H groups in total. The van der Waals surface area contributed by atoms with Crippen LogP contribution in [-0.4, -0.2) is 19.5 Å². The third kappa shape index (κ3) is 5.36. The van der Waals surface area contributed by atoms with Crippen LogP contribution in [0.1, 0.15) is 22.3 Å².